The Hall–Kier alpha value is -1.43. The molecule has 119 valence electrons. The fourth-order valence-electron chi connectivity index (χ4n) is 2.15. The molecule has 2 rings (SSSR count). The first-order chi connectivity index (χ1) is 10.8. The summed E-state index contributed by atoms with van der Waals surface area (Å²) in [7, 11) is -0.0306. The monoisotopic (exact) mass is 337 g/mol. The highest BCUT2D eigenvalue weighted by molar-refractivity contribution is 6.70. The summed E-state index contributed by atoms with van der Waals surface area (Å²) in [6.07, 6.45) is 0. The Labute approximate surface area is 145 Å². The van der Waals surface area contributed by atoms with Gasteiger partial charge in [-0.05, 0) is 42.7 Å². The average Bonchev–Trinajstić information content (AvgIpc) is 2.52. The second-order valence-corrected chi connectivity index (χ2v) is 10.5. The number of hydrogen-bond acceptors (Lipinski definition) is 1. The molecule has 0 saturated heterocycles. The summed E-state index contributed by atoms with van der Waals surface area (Å²) in [5.41, 5.74) is 3.31. The van der Waals surface area contributed by atoms with Crippen molar-refractivity contribution in [1.82, 2.24) is 0 Å². The molecule has 0 saturated carbocycles. The average molecular weight is 338 g/mol. The van der Waals surface area contributed by atoms with Crippen molar-refractivity contribution in [2.24, 2.45) is 0 Å². The lowest BCUT2D eigenvalue weighted by atomic mass is 10.00. The standard InChI is InChI=1S/C20H25OSi2/c1-15(16-10-12-19(13-11-16)23(5)6)17-8-7-9-18(14-17)22-21-20(2,3)4/h7-14H,1H2,2-6H3. The highest BCUT2D eigenvalue weighted by Crippen LogP contribution is 2.20. The van der Waals surface area contributed by atoms with Crippen LogP contribution in [0.25, 0.3) is 5.57 Å². The van der Waals surface area contributed by atoms with Crippen LogP contribution in [0.15, 0.2) is 55.1 Å². The lowest BCUT2D eigenvalue weighted by Gasteiger charge is -2.19. The minimum absolute atomic E-state index is 0.110. The topological polar surface area (TPSA) is 9.23 Å². The maximum absolute atomic E-state index is 5.90. The van der Waals surface area contributed by atoms with E-state index in [2.05, 4.69) is 89.0 Å². The van der Waals surface area contributed by atoms with Crippen LogP contribution in [0.1, 0.15) is 31.9 Å². The molecule has 0 aliphatic heterocycles. The van der Waals surface area contributed by atoms with E-state index in [0.717, 1.165) is 5.57 Å². The van der Waals surface area contributed by atoms with Gasteiger partial charge in [0.1, 0.15) is 0 Å². The van der Waals surface area contributed by atoms with Gasteiger partial charge in [-0.3, -0.25) is 0 Å². The maximum Gasteiger partial charge on any atom is 0.269 e. The van der Waals surface area contributed by atoms with Crippen molar-refractivity contribution in [2.45, 2.75) is 39.5 Å². The third-order valence-electron chi connectivity index (χ3n) is 3.50. The Morgan fingerprint density at radius 3 is 2.22 bits per heavy atom. The van der Waals surface area contributed by atoms with E-state index < -0.39 is 8.80 Å². The van der Waals surface area contributed by atoms with Gasteiger partial charge in [-0.25, -0.2) is 0 Å². The van der Waals surface area contributed by atoms with Crippen molar-refractivity contribution in [2.75, 3.05) is 0 Å². The first-order valence-electron chi connectivity index (χ1n) is 7.90. The first-order valence-corrected chi connectivity index (χ1v) is 11.3. The highest BCUT2D eigenvalue weighted by atomic mass is 28.3. The molecule has 0 N–H and O–H groups in total. The van der Waals surface area contributed by atoms with E-state index in [1.165, 1.54) is 21.5 Å². The van der Waals surface area contributed by atoms with Crippen LogP contribution in [0.3, 0.4) is 0 Å². The molecule has 0 aliphatic rings. The largest absolute Gasteiger partial charge is 0.407 e. The third-order valence-corrected chi connectivity index (χ3v) is 6.25. The van der Waals surface area contributed by atoms with Crippen LogP contribution in [-0.2, 0) is 4.43 Å². The predicted molar refractivity (Wildman–Crippen MR) is 104 cm³/mol. The Morgan fingerprint density at radius 2 is 1.65 bits per heavy atom. The fourth-order valence-corrected chi connectivity index (χ4v) is 3.79. The molecular weight excluding hydrogens is 312 g/mol. The molecule has 0 heterocycles. The Bertz CT molecular complexity index is 667. The van der Waals surface area contributed by atoms with Gasteiger partial charge in [-0.2, -0.15) is 0 Å². The molecule has 0 spiro atoms. The van der Waals surface area contributed by atoms with Gasteiger partial charge in [0.25, 0.3) is 9.76 Å². The van der Waals surface area contributed by atoms with Crippen LogP contribution in [0.4, 0.5) is 0 Å². The molecule has 0 atom stereocenters. The molecule has 0 amide bonds. The molecule has 0 aliphatic carbocycles. The summed E-state index contributed by atoms with van der Waals surface area (Å²) in [5, 5.41) is 2.67. The molecule has 3 radical (unpaired) electrons. The van der Waals surface area contributed by atoms with E-state index in [0.29, 0.717) is 9.76 Å². The minimum atomic E-state index is -0.391. The van der Waals surface area contributed by atoms with E-state index in [1.54, 1.807) is 0 Å². The van der Waals surface area contributed by atoms with Crippen molar-refractivity contribution < 1.29 is 4.43 Å². The van der Waals surface area contributed by atoms with Crippen LogP contribution < -0.4 is 10.4 Å². The molecule has 2 aromatic rings. The molecule has 3 heteroatoms. The summed E-state index contributed by atoms with van der Waals surface area (Å²) in [4.78, 5) is 0. The van der Waals surface area contributed by atoms with Crippen LogP contribution in [0.2, 0.25) is 13.1 Å². The maximum atomic E-state index is 5.90. The van der Waals surface area contributed by atoms with Crippen LogP contribution in [-0.4, -0.2) is 24.2 Å². The van der Waals surface area contributed by atoms with Crippen molar-refractivity contribution in [3.63, 3.8) is 0 Å². The summed E-state index contributed by atoms with van der Waals surface area (Å²) < 4.78 is 5.90. The van der Waals surface area contributed by atoms with E-state index in [4.69, 9.17) is 4.43 Å². The van der Waals surface area contributed by atoms with E-state index in [-0.39, 0.29) is 5.60 Å². The Morgan fingerprint density at radius 1 is 1.00 bits per heavy atom. The molecule has 2 aromatic carbocycles. The highest BCUT2D eigenvalue weighted by Gasteiger charge is 2.12. The zero-order valence-electron chi connectivity index (χ0n) is 14.7. The van der Waals surface area contributed by atoms with Crippen molar-refractivity contribution >= 4 is 34.5 Å². The number of rotatable bonds is 5. The summed E-state index contributed by atoms with van der Waals surface area (Å²) >= 11 is 0. The number of hydrogen-bond donors (Lipinski definition) is 0. The van der Waals surface area contributed by atoms with Crippen LogP contribution in [0, 0.1) is 0 Å². The van der Waals surface area contributed by atoms with Gasteiger partial charge < -0.3 is 4.43 Å². The quantitative estimate of drug-likeness (QED) is 0.755. The fraction of sp³-hybridized carbons (Fsp3) is 0.300. The first kappa shape index (κ1) is 17.9. The molecule has 1 nitrogen and oxygen atoms in total. The smallest absolute Gasteiger partial charge is 0.269 e. The van der Waals surface area contributed by atoms with Crippen molar-refractivity contribution in [3.05, 3.63) is 66.2 Å². The van der Waals surface area contributed by atoms with Gasteiger partial charge >= 0.3 is 0 Å². The molecule has 23 heavy (non-hydrogen) atoms. The number of benzene rings is 2. The van der Waals surface area contributed by atoms with E-state index in [1.807, 2.05) is 0 Å². The van der Waals surface area contributed by atoms with Gasteiger partial charge in [0, 0.05) is 5.60 Å². The third kappa shape index (κ3) is 5.31. The molecule has 0 fully saturated rings. The Balaban J connectivity index is 2.16. The zero-order valence-corrected chi connectivity index (χ0v) is 16.7. The molecular formula is C20H25OSi2. The van der Waals surface area contributed by atoms with Gasteiger partial charge in [0.15, 0.2) is 0 Å². The second-order valence-electron chi connectivity index (χ2n) is 6.95. The predicted octanol–water partition coefficient (Wildman–Crippen LogP) is 3.77. The molecule has 0 aromatic heterocycles. The van der Waals surface area contributed by atoms with Crippen LogP contribution >= 0.6 is 0 Å². The van der Waals surface area contributed by atoms with Crippen molar-refractivity contribution in [1.29, 1.82) is 0 Å². The van der Waals surface area contributed by atoms with Crippen molar-refractivity contribution in [3.8, 4) is 0 Å². The summed E-state index contributed by atoms with van der Waals surface area (Å²) in [6, 6.07) is 17.4. The molecule has 0 unspecified atom stereocenters. The van der Waals surface area contributed by atoms with Gasteiger partial charge in [-0.1, -0.05) is 73.4 Å². The minimum Gasteiger partial charge on any atom is -0.407 e. The Kier molecular flexibility index (Phi) is 5.79. The SMILES string of the molecule is C=C(c1ccc([Si](C)C)cc1)c1cccc([Si]OC(C)(C)C)c1. The van der Waals surface area contributed by atoms with Gasteiger partial charge in [0.05, 0.1) is 8.80 Å². The van der Waals surface area contributed by atoms with Crippen LogP contribution in [0.5, 0.6) is 0 Å². The zero-order chi connectivity index (χ0) is 17.0. The second kappa shape index (κ2) is 7.43. The van der Waals surface area contributed by atoms with Gasteiger partial charge in [-0.15, -0.1) is 0 Å². The lowest BCUT2D eigenvalue weighted by molar-refractivity contribution is 0.142. The molecule has 0 bridgehead atoms. The summed E-state index contributed by atoms with van der Waals surface area (Å²) in [5.74, 6) is 0. The van der Waals surface area contributed by atoms with E-state index in [9.17, 15) is 0 Å². The summed E-state index contributed by atoms with van der Waals surface area (Å²) in [6.45, 7) is 15.2. The lowest BCUT2D eigenvalue weighted by Crippen LogP contribution is -2.28. The van der Waals surface area contributed by atoms with E-state index >= 15 is 0 Å². The van der Waals surface area contributed by atoms with Gasteiger partial charge in [0.2, 0.25) is 0 Å². The normalized spacial score (nSPS) is 11.7.